The van der Waals surface area contributed by atoms with E-state index in [9.17, 15) is 5.11 Å². The normalized spacial score (nSPS) is 13.9. The zero-order chi connectivity index (χ0) is 11.3. The van der Waals surface area contributed by atoms with Crippen LogP contribution in [0.4, 0.5) is 0 Å². The van der Waals surface area contributed by atoms with Crippen LogP contribution in [0.5, 0.6) is 0 Å². The number of aliphatic hydroxyl groups is 1. The number of ether oxygens (including phenoxy) is 1. The minimum Gasteiger partial charge on any atom is -0.390 e. The van der Waals surface area contributed by atoms with E-state index in [4.69, 9.17) is 4.74 Å². The molecule has 0 aliphatic rings. The van der Waals surface area contributed by atoms with Gasteiger partial charge in [-0.2, -0.15) is 0 Å². The number of aliphatic hydroxyl groups excluding tert-OH is 1. The summed E-state index contributed by atoms with van der Waals surface area (Å²) in [6.45, 7) is 6.30. The van der Waals surface area contributed by atoms with Gasteiger partial charge in [0.15, 0.2) is 0 Å². The molecular weight excluding hydrogens is 190 g/mol. The molecule has 1 aromatic heterocycles. The number of nitrogens with zero attached hydrogens (tertiary/aromatic N) is 1. The Hall–Kier alpha value is -0.930. The van der Waals surface area contributed by atoms with E-state index in [2.05, 4.69) is 4.98 Å². The SMILES string of the molecule is CC(C)(C)OCC(O)Cc1ccncc1. The Labute approximate surface area is 91.1 Å². The van der Waals surface area contributed by atoms with Gasteiger partial charge in [-0.25, -0.2) is 0 Å². The second kappa shape index (κ2) is 5.24. The molecule has 1 atom stereocenters. The molecule has 0 aliphatic heterocycles. The molecule has 1 rings (SSSR count). The minimum absolute atomic E-state index is 0.195. The third-order valence-corrected chi connectivity index (χ3v) is 1.93. The first-order valence-corrected chi connectivity index (χ1v) is 5.18. The Kier molecular flexibility index (Phi) is 4.24. The zero-order valence-corrected chi connectivity index (χ0v) is 9.60. The maximum Gasteiger partial charge on any atom is 0.0814 e. The van der Waals surface area contributed by atoms with E-state index < -0.39 is 6.10 Å². The van der Waals surface area contributed by atoms with Crippen molar-refractivity contribution in [2.24, 2.45) is 0 Å². The van der Waals surface area contributed by atoms with E-state index in [1.807, 2.05) is 32.9 Å². The molecule has 0 fully saturated rings. The number of hydrogen-bond donors (Lipinski definition) is 1. The van der Waals surface area contributed by atoms with Gasteiger partial charge in [0.1, 0.15) is 0 Å². The van der Waals surface area contributed by atoms with Gasteiger partial charge in [0, 0.05) is 18.8 Å². The first-order chi connectivity index (χ1) is 6.97. The van der Waals surface area contributed by atoms with Crippen LogP contribution in [0, 0.1) is 0 Å². The Bertz CT molecular complexity index is 279. The predicted octanol–water partition coefficient (Wildman–Crippen LogP) is 1.80. The Balaban J connectivity index is 2.34. The number of hydrogen-bond acceptors (Lipinski definition) is 3. The molecule has 0 bridgehead atoms. The second-order valence-corrected chi connectivity index (χ2v) is 4.64. The summed E-state index contributed by atoms with van der Waals surface area (Å²) in [5.41, 5.74) is 0.883. The van der Waals surface area contributed by atoms with Crippen molar-refractivity contribution < 1.29 is 9.84 Å². The fourth-order valence-corrected chi connectivity index (χ4v) is 1.20. The van der Waals surface area contributed by atoms with Gasteiger partial charge in [0.05, 0.1) is 18.3 Å². The summed E-state index contributed by atoms with van der Waals surface area (Å²) in [6, 6.07) is 3.81. The van der Waals surface area contributed by atoms with Crippen LogP contribution in [0.25, 0.3) is 0 Å². The highest BCUT2D eigenvalue weighted by atomic mass is 16.5. The minimum atomic E-state index is -0.452. The van der Waals surface area contributed by atoms with E-state index >= 15 is 0 Å². The molecule has 1 heterocycles. The number of pyridine rings is 1. The van der Waals surface area contributed by atoms with Gasteiger partial charge in [0.25, 0.3) is 0 Å². The highest BCUT2D eigenvalue weighted by molar-refractivity contribution is 5.10. The molecule has 0 aliphatic carbocycles. The van der Waals surface area contributed by atoms with Crippen LogP contribution in [0.15, 0.2) is 24.5 Å². The van der Waals surface area contributed by atoms with Gasteiger partial charge < -0.3 is 9.84 Å². The lowest BCUT2D eigenvalue weighted by atomic mass is 10.1. The first-order valence-electron chi connectivity index (χ1n) is 5.18. The third kappa shape index (κ3) is 5.50. The smallest absolute Gasteiger partial charge is 0.0814 e. The summed E-state index contributed by atoms with van der Waals surface area (Å²) >= 11 is 0. The van der Waals surface area contributed by atoms with E-state index in [-0.39, 0.29) is 5.60 Å². The molecule has 1 aromatic rings. The van der Waals surface area contributed by atoms with E-state index in [0.29, 0.717) is 13.0 Å². The van der Waals surface area contributed by atoms with Gasteiger partial charge in [-0.05, 0) is 38.5 Å². The van der Waals surface area contributed by atoms with Crippen molar-refractivity contribution in [3.8, 4) is 0 Å². The van der Waals surface area contributed by atoms with Crippen LogP contribution in [0.1, 0.15) is 26.3 Å². The van der Waals surface area contributed by atoms with Crippen molar-refractivity contribution in [3.05, 3.63) is 30.1 Å². The standard InChI is InChI=1S/C12H19NO2/c1-12(2,3)15-9-11(14)8-10-4-6-13-7-5-10/h4-7,11,14H,8-9H2,1-3H3. The average molecular weight is 209 g/mol. The van der Waals surface area contributed by atoms with Gasteiger partial charge in [-0.3, -0.25) is 4.98 Å². The van der Waals surface area contributed by atoms with Gasteiger partial charge in [-0.1, -0.05) is 0 Å². The monoisotopic (exact) mass is 209 g/mol. The lowest BCUT2D eigenvalue weighted by Crippen LogP contribution is -2.27. The molecular formula is C12H19NO2. The Morgan fingerprint density at radius 3 is 2.47 bits per heavy atom. The molecule has 0 saturated heterocycles. The van der Waals surface area contributed by atoms with Crippen molar-refractivity contribution in [3.63, 3.8) is 0 Å². The number of aromatic nitrogens is 1. The van der Waals surface area contributed by atoms with Crippen LogP contribution in [0.3, 0.4) is 0 Å². The average Bonchev–Trinajstić information content (AvgIpc) is 2.15. The third-order valence-electron chi connectivity index (χ3n) is 1.93. The molecule has 0 saturated carbocycles. The summed E-state index contributed by atoms with van der Waals surface area (Å²) in [4.78, 5) is 3.93. The first kappa shape index (κ1) is 12.1. The van der Waals surface area contributed by atoms with Crippen LogP contribution in [-0.4, -0.2) is 28.4 Å². The molecule has 0 aromatic carbocycles. The molecule has 0 amide bonds. The zero-order valence-electron chi connectivity index (χ0n) is 9.60. The summed E-state index contributed by atoms with van der Waals surface area (Å²) in [5, 5.41) is 9.72. The van der Waals surface area contributed by atoms with E-state index in [1.54, 1.807) is 12.4 Å². The fraction of sp³-hybridized carbons (Fsp3) is 0.583. The van der Waals surface area contributed by atoms with Crippen molar-refractivity contribution in [1.29, 1.82) is 0 Å². The summed E-state index contributed by atoms with van der Waals surface area (Å²) < 4.78 is 5.50. The molecule has 1 unspecified atom stereocenters. The van der Waals surface area contributed by atoms with Crippen LogP contribution >= 0.6 is 0 Å². The summed E-state index contributed by atoms with van der Waals surface area (Å²) in [7, 11) is 0. The van der Waals surface area contributed by atoms with Crippen LogP contribution < -0.4 is 0 Å². The molecule has 0 spiro atoms. The van der Waals surface area contributed by atoms with Crippen molar-refractivity contribution >= 4 is 0 Å². The maximum atomic E-state index is 9.72. The lowest BCUT2D eigenvalue weighted by Gasteiger charge is -2.21. The summed E-state index contributed by atoms with van der Waals surface area (Å²) in [5.74, 6) is 0. The fourth-order valence-electron chi connectivity index (χ4n) is 1.20. The lowest BCUT2D eigenvalue weighted by molar-refractivity contribution is -0.0482. The van der Waals surface area contributed by atoms with E-state index in [0.717, 1.165) is 5.56 Å². The number of rotatable bonds is 4. The molecule has 0 radical (unpaired) electrons. The Morgan fingerprint density at radius 1 is 1.33 bits per heavy atom. The molecule has 3 nitrogen and oxygen atoms in total. The van der Waals surface area contributed by atoms with Gasteiger partial charge in [-0.15, -0.1) is 0 Å². The molecule has 3 heteroatoms. The van der Waals surface area contributed by atoms with Gasteiger partial charge in [0.2, 0.25) is 0 Å². The predicted molar refractivity (Wildman–Crippen MR) is 59.7 cm³/mol. The molecule has 15 heavy (non-hydrogen) atoms. The molecule has 84 valence electrons. The quantitative estimate of drug-likeness (QED) is 0.822. The van der Waals surface area contributed by atoms with Crippen LogP contribution in [-0.2, 0) is 11.2 Å². The van der Waals surface area contributed by atoms with E-state index in [1.165, 1.54) is 0 Å². The largest absolute Gasteiger partial charge is 0.390 e. The molecule has 1 N–H and O–H groups in total. The topological polar surface area (TPSA) is 42.4 Å². The highest BCUT2D eigenvalue weighted by Gasteiger charge is 2.13. The van der Waals surface area contributed by atoms with Crippen molar-refractivity contribution in [2.45, 2.75) is 38.9 Å². The van der Waals surface area contributed by atoms with Crippen molar-refractivity contribution in [2.75, 3.05) is 6.61 Å². The maximum absolute atomic E-state index is 9.72. The van der Waals surface area contributed by atoms with Crippen molar-refractivity contribution in [1.82, 2.24) is 4.98 Å². The van der Waals surface area contributed by atoms with Gasteiger partial charge >= 0.3 is 0 Å². The Morgan fingerprint density at radius 2 is 1.93 bits per heavy atom. The summed E-state index contributed by atoms with van der Waals surface area (Å²) in [6.07, 6.45) is 3.62. The second-order valence-electron chi connectivity index (χ2n) is 4.64. The highest BCUT2D eigenvalue weighted by Crippen LogP contribution is 2.09. The van der Waals surface area contributed by atoms with Crippen LogP contribution in [0.2, 0.25) is 0 Å².